The van der Waals surface area contributed by atoms with Crippen LogP contribution in [0.4, 0.5) is 0 Å². The predicted octanol–water partition coefficient (Wildman–Crippen LogP) is 0.681. The second-order valence-electron chi connectivity index (χ2n) is 1.85. The lowest BCUT2D eigenvalue weighted by atomic mass is 10.3. The molecule has 0 spiro atoms. The number of ketones is 1. The Morgan fingerprint density at radius 2 is 2.60 bits per heavy atom. The SMILES string of the molecule is CO[C@H]1C=C(Cl)C(=O)CO1. The number of halogens is 1. The van der Waals surface area contributed by atoms with E-state index in [4.69, 9.17) is 21.1 Å². The molecule has 4 heteroatoms. The molecule has 1 atom stereocenters. The first-order valence-corrected chi connectivity index (χ1v) is 3.16. The minimum atomic E-state index is -0.467. The van der Waals surface area contributed by atoms with E-state index in [1.54, 1.807) is 0 Å². The maximum atomic E-state index is 10.7. The standard InChI is InChI=1S/C6H7ClO3/c1-9-6-2-4(7)5(8)3-10-6/h2,6H,3H2,1H3/t6-/m1/s1. The van der Waals surface area contributed by atoms with E-state index in [0.717, 1.165) is 0 Å². The Labute approximate surface area is 63.6 Å². The van der Waals surface area contributed by atoms with Crippen molar-refractivity contribution in [3.05, 3.63) is 11.1 Å². The van der Waals surface area contributed by atoms with Crippen molar-refractivity contribution in [3.8, 4) is 0 Å². The Morgan fingerprint density at radius 1 is 1.90 bits per heavy atom. The molecule has 1 rings (SSSR count). The number of methoxy groups -OCH3 is 1. The minimum absolute atomic E-state index is 0.00778. The van der Waals surface area contributed by atoms with Crippen LogP contribution in [0, 0.1) is 0 Å². The molecule has 0 amide bonds. The van der Waals surface area contributed by atoms with E-state index in [-0.39, 0.29) is 17.4 Å². The van der Waals surface area contributed by atoms with Gasteiger partial charge in [-0.2, -0.15) is 0 Å². The summed E-state index contributed by atoms with van der Waals surface area (Å²) in [6.45, 7) is 0.00778. The fourth-order valence-electron chi connectivity index (χ4n) is 0.623. The summed E-state index contributed by atoms with van der Waals surface area (Å²) in [4.78, 5) is 10.7. The topological polar surface area (TPSA) is 35.5 Å². The molecule has 0 aromatic carbocycles. The molecule has 1 heterocycles. The van der Waals surface area contributed by atoms with Crippen molar-refractivity contribution in [2.24, 2.45) is 0 Å². The highest BCUT2D eigenvalue weighted by atomic mass is 35.5. The van der Waals surface area contributed by atoms with Crippen molar-refractivity contribution >= 4 is 17.4 Å². The molecule has 0 saturated carbocycles. The monoisotopic (exact) mass is 162 g/mol. The van der Waals surface area contributed by atoms with Gasteiger partial charge in [-0.3, -0.25) is 4.79 Å². The van der Waals surface area contributed by atoms with Gasteiger partial charge in [-0.25, -0.2) is 0 Å². The van der Waals surface area contributed by atoms with Crippen molar-refractivity contribution in [2.75, 3.05) is 13.7 Å². The lowest BCUT2D eigenvalue weighted by Gasteiger charge is -2.16. The quantitative estimate of drug-likeness (QED) is 0.569. The summed E-state index contributed by atoms with van der Waals surface area (Å²) in [6.07, 6.45) is 0.970. The van der Waals surface area contributed by atoms with Gasteiger partial charge in [-0.15, -0.1) is 0 Å². The van der Waals surface area contributed by atoms with Gasteiger partial charge in [0.1, 0.15) is 6.61 Å². The van der Waals surface area contributed by atoms with Crippen molar-refractivity contribution in [1.29, 1.82) is 0 Å². The number of hydrogen-bond acceptors (Lipinski definition) is 3. The third-order valence-corrected chi connectivity index (χ3v) is 1.50. The molecule has 0 N–H and O–H groups in total. The number of carbonyl (C=O) groups is 1. The molecule has 56 valence electrons. The van der Waals surface area contributed by atoms with E-state index in [1.165, 1.54) is 13.2 Å². The summed E-state index contributed by atoms with van der Waals surface area (Å²) in [5.41, 5.74) is 0. The second kappa shape index (κ2) is 3.14. The zero-order chi connectivity index (χ0) is 7.56. The average Bonchev–Trinajstić information content (AvgIpc) is 1.95. The van der Waals surface area contributed by atoms with E-state index in [9.17, 15) is 4.79 Å². The van der Waals surface area contributed by atoms with Crippen molar-refractivity contribution in [3.63, 3.8) is 0 Å². The number of Topliss-reactive ketones (excluding diaryl/α,β-unsaturated/α-hetero) is 1. The largest absolute Gasteiger partial charge is 0.352 e. The summed E-state index contributed by atoms with van der Waals surface area (Å²) < 4.78 is 9.65. The van der Waals surface area contributed by atoms with Gasteiger partial charge in [-0.1, -0.05) is 11.6 Å². The Hall–Kier alpha value is -0.380. The van der Waals surface area contributed by atoms with Crippen LogP contribution in [0.5, 0.6) is 0 Å². The van der Waals surface area contributed by atoms with Crippen LogP contribution in [-0.2, 0) is 14.3 Å². The van der Waals surface area contributed by atoms with Gasteiger partial charge in [0.15, 0.2) is 12.1 Å². The molecule has 0 aromatic heterocycles. The molecule has 3 nitrogen and oxygen atoms in total. The zero-order valence-corrected chi connectivity index (χ0v) is 6.22. The van der Waals surface area contributed by atoms with Crippen molar-refractivity contribution in [2.45, 2.75) is 6.29 Å². The molecule has 1 aliphatic rings. The Balaban J connectivity index is 2.65. The average molecular weight is 163 g/mol. The van der Waals surface area contributed by atoms with E-state index in [2.05, 4.69) is 0 Å². The fourth-order valence-corrected chi connectivity index (χ4v) is 0.781. The zero-order valence-electron chi connectivity index (χ0n) is 5.46. The highest BCUT2D eigenvalue weighted by Crippen LogP contribution is 2.13. The summed E-state index contributed by atoms with van der Waals surface area (Å²) in [5.74, 6) is -0.199. The molecule has 10 heavy (non-hydrogen) atoms. The second-order valence-corrected chi connectivity index (χ2v) is 2.26. The summed E-state index contributed by atoms with van der Waals surface area (Å²) >= 11 is 5.49. The molecule has 0 radical (unpaired) electrons. The lowest BCUT2D eigenvalue weighted by molar-refractivity contribution is -0.136. The number of rotatable bonds is 1. The summed E-state index contributed by atoms with van der Waals surface area (Å²) in [7, 11) is 1.49. The van der Waals surface area contributed by atoms with Crippen LogP contribution in [0.25, 0.3) is 0 Å². The van der Waals surface area contributed by atoms with Gasteiger partial charge in [0.05, 0.1) is 5.03 Å². The van der Waals surface area contributed by atoms with E-state index in [0.29, 0.717) is 0 Å². The number of carbonyl (C=O) groups excluding carboxylic acids is 1. The molecule has 0 fully saturated rings. The van der Waals surface area contributed by atoms with E-state index < -0.39 is 6.29 Å². The maximum absolute atomic E-state index is 10.7. The van der Waals surface area contributed by atoms with Crippen LogP contribution in [0.2, 0.25) is 0 Å². The molecule has 1 aliphatic heterocycles. The molecular weight excluding hydrogens is 156 g/mol. The molecule has 0 saturated heterocycles. The van der Waals surface area contributed by atoms with Gasteiger partial charge >= 0.3 is 0 Å². The van der Waals surface area contributed by atoms with Crippen LogP contribution in [0.3, 0.4) is 0 Å². The van der Waals surface area contributed by atoms with Crippen LogP contribution >= 0.6 is 11.6 Å². The minimum Gasteiger partial charge on any atom is -0.352 e. The molecule has 0 aromatic rings. The predicted molar refractivity (Wildman–Crippen MR) is 35.7 cm³/mol. The number of ether oxygens (including phenoxy) is 2. The molecule has 0 bridgehead atoms. The van der Waals surface area contributed by atoms with Crippen LogP contribution in [0.15, 0.2) is 11.1 Å². The first kappa shape index (κ1) is 7.72. The van der Waals surface area contributed by atoms with Gasteiger partial charge in [-0.05, 0) is 6.08 Å². The van der Waals surface area contributed by atoms with Crippen LogP contribution < -0.4 is 0 Å². The van der Waals surface area contributed by atoms with E-state index >= 15 is 0 Å². The molecule has 0 unspecified atom stereocenters. The first-order chi connectivity index (χ1) is 4.74. The maximum Gasteiger partial charge on any atom is 0.199 e. The van der Waals surface area contributed by atoms with E-state index in [1.807, 2.05) is 0 Å². The fraction of sp³-hybridized carbons (Fsp3) is 0.500. The van der Waals surface area contributed by atoms with Gasteiger partial charge in [0, 0.05) is 7.11 Å². The van der Waals surface area contributed by atoms with Crippen molar-refractivity contribution in [1.82, 2.24) is 0 Å². The van der Waals surface area contributed by atoms with Crippen molar-refractivity contribution < 1.29 is 14.3 Å². The Morgan fingerprint density at radius 3 is 3.10 bits per heavy atom. The first-order valence-electron chi connectivity index (χ1n) is 2.79. The number of hydrogen-bond donors (Lipinski definition) is 0. The highest BCUT2D eigenvalue weighted by Gasteiger charge is 2.18. The Kier molecular flexibility index (Phi) is 2.43. The highest BCUT2D eigenvalue weighted by molar-refractivity contribution is 6.42. The smallest absolute Gasteiger partial charge is 0.199 e. The Bertz CT molecular complexity index is 176. The molecule has 0 aliphatic carbocycles. The van der Waals surface area contributed by atoms with Crippen LogP contribution in [0.1, 0.15) is 0 Å². The third kappa shape index (κ3) is 1.56. The van der Waals surface area contributed by atoms with Gasteiger partial charge < -0.3 is 9.47 Å². The lowest BCUT2D eigenvalue weighted by Crippen LogP contribution is -2.24. The van der Waals surface area contributed by atoms with Crippen LogP contribution in [-0.4, -0.2) is 25.8 Å². The summed E-state index contributed by atoms with van der Waals surface area (Å²) in [6, 6.07) is 0. The third-order valence-electron chi connectivity index (χ3n) is 1.16. The molecular formula is C6H7ClO3. The normalized spacial score (nSPS) is 26.4. The summed E-state index contributed by atoms with van der Waals surface area (Å²) in [5, 5.41) is 0.193. The van der Waals surface area contributed by atoms with Gasteiger partial charge in [0.2, 0.25) is 0 Å². The van der Waals surface area contributed by atoms with Gasteiger partial charge in [0.25, 0.3) is 0 Å².